The van der Waals surface area contributed by atoms with Gasteiger partial charge in [0.1, 0.15) is 0 Å². The van der Waals surface area contributed by atoms with Crippen molar-refractivity contribution in [1.29, 1.82) is 0 Å². The second kappa shape index (κ2) is 7.80. The lowest BCUT2D eigenvalue weighted by atomic mass is 10.1. The summed E-state index contributed by atoms with van der Waals surface area (Å²) in [6.07, 6.45) is 8.28. The zero-order chi connectivity index (χ0) is 11.8. The SMILES string of the molecule is CCCC(CCC)NCCc1cnc(C)s1. The van der Waals surface area contributed by atoms with E-state index in [4.69, 9.17) is 0 Å². The highest BCUT2D eigenvalue weighted by molar-refractivity contribution is 7.11. The lowest BCUT2D eigenvalue weighted by Gasteiger charge is -2.16. The van der Waals surface area contributed by atoms with Crippen LogP contribution in [0.4, 0.5) is 0 Å². The third-order valence-electron chi connectivity index (χ3n) is 2.75. The topological polar surface area (TPSA) is 24.9 Å². The first-order valence-corrected chi connectivity index (χ1v) is 7.22. The van der Waals surface area contributed by atoms with Gasteiger partial charge in [-0.2, -0.15) is 0 Å². The van der Waals surface area contributed by atoms with Gasteiger partial charge >= 0.3 is 0 Å². The summed E-state index contributed by atoms with van der Waals surface area (Å²) in [7, 11) is 0. The van der Waals surface area contributed by atoms with Crippen LogP contribution < -0.4 is 5.32 Å². The molecule has 1 aromatic rings. The number of aromatic nitrogens is 1. The summed E-state index contributed by atoms with van der Waals surface area (Å²) >= 11 is 1.81. The van der Waals surface area contributed by atoms with Crippen LogP contribution in [0.25, 0.3) is 0 Å². The van der Waals surface area contributed by atoms with E-state index in [2.05, 4.69) is 31.1 Å². The molecule has 1 heterocycles. The normalized spacial score (nSPS) is 11.2. The fourth-order valence-electron chi connectivity index (χ4n) is 1.97. The van der Waals surface area contributed by atoms with Crippen molar-refractivity contribution >= 4 is 11.3 Å². The molecule has 0 aliphatic carbocycles. The minimum Gasteiger partial charge on any atom is -0.314 e. The molecule has 0 bridgehead atoms. The first-order valence-electron chi connectivity index (χ1n) is 6.41. The molecule has 0 unspecified atom stereocenters. The van der Waals surface area contributed by atoms with E-state index in [-0.39, 0.29) is 0 Å². The Hall–Kier alpha value is -0.410. The minimum atomic E-state index is 0.712. The van der Waals surface area contributed by atoms with Crippen molar-refractivity contribution in [3.05, 3.63) is 16.1 Å². The lowest BCUT2D eigenvalue weighted by molar-refractivity contribution is 0.447. The number of thiazole rings is 1. The second-order valence-corrected chi connectivity index (χ2v) is 5.64. The monoisotopic (exact) mass is 240 g/mol. The van der Waals surface area contributed by atoms with Crippen molar-refractivity contribution in [2.24, 2.45) is 0 Å². The molecule has 0 spiro atoms. The highest BCUT2D eigenvalue weighted by Gasteiger charge is 2.05. The molecule has 0 fully saturated rings. The molecule has 0 aliphatic rings. The van der Waals surface area contributed by atoms with Crippen LogP contribution in [-0.4, -0.2) is 17.6 Å². The van der Waals surface area contributed by atoms with Gasteiger partial charge in [0.05, 0.1) is 5.01 Å². The van der Waals surface area contributed by atoms with E-state index in [1.807, 2.05) is 17.5 Å². The average molecular weight is 240 g/mol. The van der Waals surface area contributed by atoms with Crippen LogP contribution in [0.2, 0.25) is 0 Å². The van der Waals surface area contributed by atoms with Gasteiger partial charge in [0.15, 0.2) is 0 Å². The summed E-state index contributed by atoms with van der Waals surface area (Å²) in [5, 5.41) is 4.83. The van der Waals surface area contributed by atoms with Crippen LogP contribution in [0.15, 0.2) is 6.20 Å². The van der Waals surface area contributed by atoms with E-state index >= 15 is 0 Å². The van der Waals surface area contributed by atoms with Gasteiger partial charge in [0.2, 0.25) is 0 Å². The van der Waals surface area contributed by atoms with Crippen LogP contribution in [0.1, 0.15) is 49.4 Å². The van der Waals surface area contributed by atoms with Crippen molar-refractivity contribution in [3.8, 4) is 0 Å². The number of nitrogens with one attached hydrogen (secondary N) is 1. The number of rotatable bonds is 8. The molecular formula is C13H24N2S. The highest BCUT2D eigenvalue weighted by atomic mass is 32.1. The molecule has 0 atom stereocenters. The third kappa shape index (κ3) is 5.08. The summed E-state index contributed by atoms with van der Waals surface area (Å²) in [5.74, 6) is 0. The van der Waals surface area contributed by atoms with Crippen molar-refractivity contribution in [1.82, 2.24) is 10.3 Å². The van der Waals surface area contributed by atoms with E-state index in [0.29, 0.717) is 6.04 Å². The van der Waals surface area contributed by atoms with Gasteiger partial charge in [-0.15, -0.1) is 11.3 Å². The zero-order valence-electron chi connectivity index (χ0n) is 10.8. The Bertz CT molecular complexity index is 277. The smallest absolute Gasteiger partial charge is 0.0896 e. The molecular weight excluding hydrogens is 216 g/mol. The Morgan fingerprint density at radius 3 is 2.50 bits per heavy atom. The van der Waals surface area contributed by atoms with Gasteiger partial charge in [-0.25, -0.2) is 4.98 Å². The van der Waals surface area contributed by atoms with Gasteiger partial charge in [0.25, 0.3) is 0 Å². The van der Waals surface area contributed by atoms with Crippen LogP contribution >= 0.6 is 11.3 Å². The molecule has 92 valence electrons. The Morgan fingerprint density at radius 1 is 1.31 bits per heavy atom. The summed E-state index contributed by atoms with van der Waals surface area (Å²) in [6.45, 7) is 7.68. The van der Waals surface area contributed by atoms with Gasteiger partial charge in [-0.3, -0.25) is 0 Å². The van der Waals surface area contributed by atoms with Crippen LogP contribution in [0, 0.1) is 6.92 Å². The molecule has 1 rings (SSSR count). The molecule has 0 saturated heterocycles. The van der Waals surface area contributed by atoms with E-state index in [0.717, 1.165) is 13.0 Å². The predicted molar refractivity (Wildman–Crippen MR) is 72.2 cm³/mol. The van der Waals surface area contributed by atoms with Crippen molar-refractivity contribution in [2.45, 2.75) is 58.9 Å². The van der Waals surface area contributed by atoms with E-state index in [1.165, 1.54) is 35.6 Å². The molecule has 0 aromatic carbocycles. The first-order chi connectivity index (χ1) is 7.76. The summed E-state index contributed by atoms with van der Waals surface area (Å²) < 4.78 is 0. The summed E-state index contributed by atoms with van der Waals surface area (Å²) in [5.41, 5.74) is 0. The Morgan fingerprint density at radius 2 is 2.00 bits per heavy atom. The molecule has 0 amide bonds. The maximum Gasteiger partial charge on any atom is 0.0896 e. The van der Waals surface area contributed by atoms with E-state index < -0.39 is 0 Å². The Labute approximate surface area is 103 Å². The highest BCUT2D eigenvalue weighted by Crippen LogP contribution is 2.12. The molecule has 3 heteroatoms. The van der Waals surface area contributed by atoms with Gasteiger partial charge in [0, 0.05) is 23.7 Å². The maximum atomic E-state index is 4.28. The van der Waals surface area contributed by atoms with Crippen molar-refractivity contribution in [2.75, 3.05) is 6.54 Å². The maximum absolute atomic E-state index is 4.28. The molecule has 1 N–H and O–H groups in total. The van der Waals surface area contributed by atoms with Gasteiger partial charge in [-0.1, -0.05) is 26.7 Å². The molecule has 2 nitrogen and oxygen atoms in total. The largest absolute Gasteiger partial charge is 0.314 e. The molecule has 1 aromatic heterocycles. The molecule has 0 saturated carbocycles. The quantitative estimate of drug-likeness (QED) is 0.751. The van der Waals surface area contributed by atoms with Crippen LogP contribution in [0.5, 0.6) is 0 Å². The number of hydrogen-bond donors (Lipinski definition) is 1. The fourth-order valence-corrected chi connectivity index (χ4v) is 2.76. The number of hydrogen-bond acceptors (Lipinski definition) is 3. The fraction of sp³-hybridized carbons (Fsp3) is 0.769. The lowest BCUT2D eigenvalue weighted by Crippen LogP contribution is -2.30. The number of nitrogens with zero attached hydrogens (tertiary/aromatic N) is 1. The number of aryl methyl sites for hydroxylation is 1. The summed E-state index contributed by atoms with van der Waals surface area (Å²) in [4.78, 5) is 5.68. The van der Waals surface area contributed by atoms with Crippen LogP contribution in [0.3, 0.4) is 0 Å². The zero-order valence-corrected chi connectivity index (χ0v) is 11.6. The third-order valence-corrected chi connectivity index (χ3v) is 3.72. The van der Waals surface area contributed by atoms with Gasteiger partial charge in [-0.05, 0) is 26.2 Å². The van der Waals surface area contributed by atoms with Crippen molar-refractivity contribution < 1.29 is 0 Å². The Balaban J connectivity index is 2.21. The molecule has 16 heavy (non-hydrogen) atoms. The first kappa shape index (κ1) is 13.7. The molecule has 0 radical (unpaired) electrons. The van der Waals surface area contributed by atoms with E-state index in [9.17, 15) is 0 Å². The Kier molecular flexibility index (Phi) is 6.65. The standard InChI is InChI=1S/C13H24N2S/c1-4-6-12(7-5-2)14-9-8-13-10-15-11(3)16-13/h10,12,14H,4-9H2,1-3H3. The average Bonchev–Trinajstić information content (AvgIpc) is 2.65. The van der Waals surface area contributed by atoms with Crippen molar-refractivity contribution in [3.63, 3.8) is 0 Å². The van der Waals surface area contributed by atoms with E-state index in [1.54, 1.807) is 0 Å². The minimum absolute atomic E-state index is 0.712. The molecule has 0 aliphatic heterocycles. The van der Waals surface area contributed by atoms with Gasteiger partial charge < -0.3 is 5.32 Å². The second-order valence-electron chi connectivity index (χ2n) is 4.32. The van der Waals surface area contributed by atoms with Crippen LogP contribution in [-0.2, 0) is 6.42 Å². The predicted octanol–water partition coefficient (Wildman–Crippen LogP) is 3.55. The summed E-state index contributed by atoms with van der Waals surface area (Å²) in [6, 6.07) is 0.712.